The molecule has 1 aliphatic carbocycles. The van der Waals surface area contributed by atoms with Crippen LogP contribution in [0.25, 0.3) is 11.1 Å². The van der Waals surface area contributed by atoms with E-state index in [1.807, 2.05) is 6.08 Å². The van der Waals surface area contributed by atoms with Crippen LogP contribution in [0.3, 0.4) is 0 Å². The standard InChI is InChI=1S/C26H36Si/c1-5-6-7-8-9-10-11-16-21-26(27(2,3)4)24-19-14-12-17-22(24)23-18-13-15-20-25(23)26/h5,12-15,17-20H,1,6-11,16,21H2,2-4H3. The monoisotopic (exact) mass is 376 g/mol. The van der Waals surface area contributed by atoms with E-state index in [1.165, 1.54) is 62.5 Å². The molecule has 0 aliphatic heterocycles. The van der Waals surface area contributed by atoms with Gasteiger partial charge in [-0.2, -0.15) is 0 Å². The summed E-state index contributed by atoms with van der Waals surface area (Å²) >= 11 is 0. The number of rotatable bonds is 10. The van der Waals surface area contributed by atoms with Gasteiger partial charge < -0.3 is 0 Å². The van der Waals surface area contributed by atoms with E-state index in [-0.39, 0.29) is 5.04 Å². The number of unbranched alkanes of at least 4 members (excludes halogenated alkanes) is 6. The lowest BCUT2D eigenvalue weighted by Gasteiger charge is -2.43. The van der Waals surface area contributed by atoms with Crippen molar-refractivity contribution >= 4 is 8.07 Å². The van der Waals surface area contributed by atoms with Crippen molar-refractivity contribution in [2.45, 2.75) is 76.0 Å². The van der Waals surface area contributed by atoms with E-state index in [1.54, 1.807) is 11.1 Å². The first kappa shape index (κ1) is 20.1. The Hall–Kier alpha value is -1.60. The summed E-state index contributed by atoms with van der Waals surface area (Å²) in [5.74, 6) is 0. The van der Waals surface area contributed by atoms with Gasteiger partial charge in [-0.25, -0.2) is 0 Å². The number of allylic oxidation sites excluding steroid dienone is 1. The van der Waals surface area contributed by atoms with E-state index < -0.39 is 8.07 Å². The average molecular weight is 377 g/mol. The zero-order valence-corrected chi connectivity index (χ0v) is 18.6. The fourth-order valence-corrected chi connectivity index (χ4v) is 8.14. The molecule has 0 spiro atoms. The van der Waals surface area contributed by atoms with Gasteiger partial charge in [-0.1, -0.05) is 106 Å². The van der Waals surface area contributed by atoms with Crippen LogP contribution >= 0.6 is 0 Å². The molecule has 0 atom stereocenters. The summed E-state index contributed by atoms with van der Waals surface area (Å²) in [5, 5.41) is 0.267. The number of hydrogen-bond donors (Lipinski definition) is 0. The summed E-state index contributed by atoms with van der Waals surface area (Å²) in [7, 11) is -1.47. The molecule has 2 aromatic carbocycles. The highest BCUT2D eigenvalue weighted by atomic mass is 28.3. The molecule has 0 saturated heterocycles. The topological polar surface area (TPSA) is 0 Å². The van der Waals surface area contributed by atoms with E-state index in [4.69, 9.17) is 0 Å². The number of benzene rings is 2. The molecule has 0 unspecified atom stereocenters. The second-order valence-electron chi connectivity index (χ2n) is 9.20. The maximum Gasteiger partial charge on any atom is 0.0613 e. The Morgan fingerprint density at radius 1 is 0.741 bits per heavy atom. The highest BCUT2D eigenvalue weighted by molar-refractivity contribution is 6.80. The van der Waals surface area contributed by atoms with Gasteiger partial charge in [0.1, 0.15) is 0 Å². The molecular formula is C26H36Si. The van der Waals surface area contributed by atoms with Crippen LogP contribution < -0.4 is 0 Å². The molecular weight excluding hydrogens is 340 g/mol. The fourth-order valence-electron chi connectivity index (χ4n) is 5.16. The van der Waals surface area contributed by atoms with Crippen LogP contribution in [0.15, 0.2) is 61.2 Å². The van der Waals surface area contributed by atoms with Crippen LogP contribution in [0, 0.1) is 0 Å². The SMILES string of the molecule is C=CCCCCCCCCC1([Si](C)(C)C)c2ccccc2-c2ccccc21. The molecule has 0 amide bonds. The summed E-state index contributed by atoms with van der Waals surface area (Å²) in [6.45, 7) is 11.5. The zero-order valence-electron chi connectivity index (χ0n) is 17.6. The predicted molar refractivity (Wildman–Crippen MR) is 123 cm³/mol. The first-order valence-electron chi connectivity index (χ1n) is 10.8. The Bertz CT molecular complexity index is 720. The Balaban J connectivity index is 1.79. The average Bonchev–Trinajstić information content (AvgIpc) is 2.95. The Kier molecular flexibility index (Phi) is 6.42. The number of fused-ring (bicyclic) bond motifs is 3. The van der Waals surface area contributed by atoms with Crippen molar-refractivity contribution in [3.63, 3.8) is 0 Å². The molecule has 0 heterocycles. The Labute approximate surface area is 167 Å². The van der Waals surface area contributed by atoms with Crippen molar-refractivity contribution in [2.75, 3.05) is 0 Å². The third-order valence-corrected chi connectivity index (χ3v) is 9.90. The largest absolute Gasteiger partial charge is 0.103 e. The summed E-state index contributed by atoms with van der Waals surface area (Å²) in [6.07, 6.45) is 12.7. The maximum atomic E-state index is 3.82. The van der Waals surface area contributed by atoms with Gasteiger partial charge in [0, 0.05) is 5.04 Å². The van der Waals surface area contributed by atoms with Crippen molar-refractivity contribution in [1.29, 1.82) is 0 Å². The van der Waals surface area contributed by atoms with Crippen LogP contribution in [-0.2, 0) is 5.04 Å². The van der Waals surface area contributed by atoms with Gasteiger partial charge in [-0.3, -0.25) is 0 Å². The molecule has 0 aromatic heterocycles. The van der Waals surface area contributed by atoms with Crippen LogP contribution in [0.5, 0.6) is 0 Å². The summed E-state index contributed by atoms with van der Waals surface area (Å²) in [4.78, 5) is 0. The molecule has 0 N–H and O–H groups in total. The van der Waals surface area contributed by atoms with Gasteiger partial charge in [-0.05, 0) is 41.5 Å². The van der Waals surface area contributed by atoms with Gasteiger partial charge in [0.15, 0.2) is 0 Å². The second-order valence-corrected chi connectivity index (χ2v) is 14.5. The predicted octanol–water partition coefficient (Wildman–Crippen LogP) is 8.14. The molecule has 0 fully saturated rings. The first-order valence-corrected chi connectivity index (χ1v) is 14.3. The first-order chi connectivity index (χ1) is 13.0. The van der Waals surface area contributed by atoms with Crippen molar-refractivity contribution in [3.05, 3.63) is 72.3 Å². The number of hydrogen-bond acceptors (Lipinski definition) is 0. The molecule has 144 valence electrons. The van der Waals surface area contributed by atoms with Gasteiger partial charge in [0.25, 0.3) is 0 Å². The highest BCUT2D eigenvalue weighted by Crippen LogP contribution is 2.55. The van der Waals surface area contributed by atoms with Crippen LogP contribution in [0.4, 0.5) is 0 Å². The van der Waals surface area contributed by atoms with E-state index in [9.17, 15) is 0 Å². The van der Waals surface area contributed by atoms with Gasteiger partial charge >= 0.3 is 0 Å². The Morgan fingerprint density at radius 2 is 1.22 bits per heavy atom. The lowest BCUT2D eigenvalue weighted by atomic mass is 9.89. The second kappa shape index (κ2) is 8.60. The van der Waals surface area contributed by atoms with E-state index in [2.05, 4.69) is 74.8 Å². The van der Waals surface area contributed by atoms with Gasteiger partial charge in [0.2, 0.25) is 0 Å². The lowest BCUT2D eigenvalue weighted by Crippen LogP contribution is -2.49. The van der Waals surface area contributed by atoms with E-state index in [0.29, 0.717) is 0 Å². The third-order valence-electron chi connectivity index (χ3n) is 6.55. The molecule has 0 bridgehead atoms. The normalized spacial score (nSPS) is 14.6. The van der Waals surface area contributed by atoms with Crippen molar-refractivity contribution in [3.8, 4) is 11.1 Å². The minimum absolute atomic E-state index is 0.267. The lowest BCUT2D eigenvalue weighted by molar-refractivity contribution is 0.534. The van der Waals surface area contributed by atoms with Crippen LogP contribution in [-0.4, -0.2) is 8.07 Å². The molecule has 2 aromatic rings. The fraction of sp³-hybridized carbons (Fsp3) is 0.462. The van der Waals surface area contributed by atoms with Crippen LogP contribution in [0.1, 0.15) is 62.5 Å². The Morgan fingerprint density at radius 3 is 1.74 bits per heavy atom. The molecule has 3 rings (SSSR count). The van der Waals surface area contributed by atoms with Crippen molar-refractivity contribution < 1.29 is 0 Å². The van der Waals surface area contributed by atoms with E-state index >= 15 is 0 Å². The van der Waals surface area contributed by atoms with Crippen molar-refractivity contribution in [1.82, 2.24) is 0 Å². The third kappa shape index (κ3) is 3.85. The van der Waals surface area contributed by atoms with Gasteiger partial charge in [0.05, 0.1) is 8.07 Å². The summed E-state index contributed by atoms with van der Waals surface area (Å²) < 4.78 is 0. The molecule has 1 heteroatoms. The van der Waals surface area contributed by atoms with Crippen molar-refractivity contribution in [2.24, 2.45) is 0 Å². The molecule has 1 aliphatic rings. The van der Waals surface area contributed by atoms with E-state index in [0.717, 1.165) is 0 Å². The zero-order chi connectivity index (χ0) is 19.3. The highest BCUT2D eigenvalue weighted by Gasteiger charge is 2.50. The summed E-state index contributed by atoms with van der Waals surface area (Å²) in [5.41, 5.74) is 6.19. The molecule has 0 saturated carbocycles. The smallest absolute Gasteiger partial charge is 0.0613 e. The van der Waals surface area contributed by atoms with Gasteiger partial charge in [-0.15, -0.1) is 6.58 Å². The quantitative estimate of drug-likeness (QED) is 0.223. The summed E-state index contributed by atoms with van der Waals surface area (Å²) in [6, 6.07) is 18.4. The molecule has 27 heavy (non-hydrogen) atoms. The molecule has 0 nitrogen and oxygen atoms in total. The minimum Gasteiger partial charge on any atom is -0.103 e. The minimum atomic E-state index is -1.47. The van der Waals surface area contributed by atoms with Crippen LogP contribution in [0.2, 0.25) is 19.6 Å². The maximum absolute atomic E-state index is 3.82. The molecule has 0 radical (unpaired) electrons.